The van der Waals surface area contributed by atoms with E-state index < -0.39 is 0 Å². The van der Waals surface area contributed by atoms with Crippen molar-refractivity contribution in [1.82, 2.24) is 9.97 Å². The zero-order chi connectivity index (χ0) is 11.7. The van der Waals surface area contributed by atoms with E-state index in [1.165, 1.54) is 0 Å². The molecule has 80 valence electrons. The summed E-state index contributed by atoms with van der Waals surface area (Å²) in [5, 5.41) is 10.1. The Labute approximate surface area is 103 Å². The maximum Gasteiger partial charge on any atom is 0.149 e. The summed E-state index contributed by atoms with van der Waals surface area (Å²) in [4.78, 5) is 8.28. The topological polar surface area (TPSA) is 49.6 Å². The van der Waals surface area contributed by atoms with Crippen LogP contribution in [0.3, 0.4) is 0 Å². The predicted molar refractivity (Wildman–Crippen MR) is 63.7 cm³/mol. The molecule has 0 bridgehead atoms. The van der Waals surface area contributed by atoms with Gasteiger partial charge in [0.25, 0.3) is 0 Å². The van der Waals surface area contributed by atoms with Crippen LogP contribution < -0.4 is 0 Å². The highest BCUT2D eigenvalue weighted by molar-refractivity contribution is 6.39. The number of nitrogens with zero attached hydrogens (tertiary/aromatic N) is 3. The molecule has 2 heterocycles. The number of rotatable bonds is 1. The molecule has 2 aromatic rings. The standard InChI is InChI=1S/C11H7Cl2N3/c1-2-6-3-7-9(5-15-6)16-11(13)8(4-14)10(7)12/h3,5H,2H2,1H3. The van der Waals surface area contributed by atoms with E-state index in [0.29, 0.717) is 10.5 Å². The van der Waals surface area contributed by atoms with E-state index >= 15 is 0 Å². The SMILES string of the molecule is CCc1cc2c(Cl)c(C#N)c(Cl)nc2cn1. The van der Waals surface area contributed by atoms with Crippen LogP contribution in [0.25, 0.3) is 10.9 Å². The van der Waals surface area contributed by atoms with E-state index in [9.17, 15) is 0 Å². The highest BCUT2D eigenvalue weighted by Gasteiger charge is 2.12. The minimum Gasteiger partial charge on any atom is -0.259 e. The van der Waals surface area contributed by atoms with Crippen molar-refractivity contribution in [3.8, 4) is 6.07 Å². The number of hydrogen-bond acceptors (Lipinski definition) is 3. The first-order chi connectivity index (χ1) is 7.67. The van der Waals surface area contributed by atoms with E-state index in [0.717, 1.165) is 17.5 Å². The van der Waals surface area contributed by atoms with Gasteiger partial charge in [-0.1, -0.05) is 30.1 Å². The van der Waals surface area contributed by atoms with Crippen LogP contribution in [0.5, 0.6) is 0 Å². The molecule has 0 saturated heterocycles. The second-order valence-corrected chi connectivity index (χ2v) is 3.99. The molecule has 0 saturated carbocycles. The fourth-order valence-corrected chi connectivity index (χ4v) is 1.99. The minimum absolute atomic E-state index is 0.117. The molecule has 0 aliphatic heterocycles. The summed E-state index contributed by atoms with van der Waals surface area (Å²) in [5.41, 5.74) is 1.72. The largest absolute Gasteiger partial charge is 0.259 e. The normalized spacial score (nSPS) is 10.4. The third-order valence-electron chi connectivity index (χ3n) is 2.29. The van der Waals surface area contributed by atoms with Gasteiger partial charge in [-0.05, 0) is 12.5 Å². The van der Waals surface area contributed by atoms with Crippen LogP contribution in [-0.4, -0.2) is 9.97 Å². The van der Waals surface area contributed by atoms with E-state index in [2.05, 4.69) is 9.97 Å². The van der Waals surface area contributed by atoms with E-state index in [4.69, 9.17) is 28.5 Å². The number of hydrogen-bond donors (Lipinski definition) is 0. The zero-order valence-electron chi connectivity index (χ0n) is 8.46. The molecular weight excluding hydrogens is 245 g/mol. The van der Waals surface area contributed by atoms with Gasteiger partial charge in [-0.15, -0.1) is 0 Å². The Morgan fingerprint density at radius 2 is 2.19 bits per heavy atom. The molecule has 2 rings (SSSR count). The van der Waals surface area contributed by atoms with Gasteiger partial charge >= 0.3 is 0 Å². The van der Waals surface area contributed by atoms with Crippen molar-refractivity contribution in [2.24, 2.45) is 0 Å². The Bertz CT molecular complexity index is 602. The molecule has 0 fully saturated rings. The van der Waals surface area contributed by atoms with Crippen molar-refractivity contribution < 1.29 is 0 Å². The molecule has 0 aliphatic carbocycles. The molecule has 0 aromatic carbocycles. The molecule has 0 atom stereocenters. The number of pyridine rings is 2. The average Bonchev–Trinajstić information content (AvgIpc) is 2.29. The highest BCUT2D eigenvalue weighted by Crippen LogP contribution is 2.30. The van der Waals surface area contributed by atoms with Gasteiger partial charge in [-0.25, -0.2) is 4.98 Å². The van der Waals surface area contributed by atoms with Crippen molar-refractivity contribution in [1.29, 1.82) is 5.26 Å². The van der Waals surface area contributed by atoms with Gasteiger partial charge in [-0.3, -0.25) is 4.98 Å². The number of nitriles is 1. The van der Waals surface area contributed by atoms with Gasteiger partial charge < -0.3 is 0 Å². The number of halogens is 2. The molecule has 0 unspecified atom stereocenters. The Morgan fingerprint density at radius 3 is 2.81 bits per heavy atom. The van der Waals surface area contributed by atoms with E-state index in [-0.39, 0.29) is 10.7 Å². The van der Waals surface area contributed by atoms with Crippen LogP contribution in [0.1, 0.15) is 18.2 Å². The first-order valence-corrected chi connectivity index (χ1v) is 5.46. The van der Waals surface area contributed by atoms with Gasteiger partial charge in [0.05, 0.1) is 16.7 Å². The Hall–Kier alpha value is -1.37. The minimum atomic E-state index is 0.117. The summed E-state index contributed by atoms with van der Waals surface area (Å²) in [6, 6.07) is 3.78. The van der Waals surface area contributed by atoms with Crippen LogP contribution in [0.15, 0.2) is 12.3 Å². The van der Waals surface area contributed by atoms with Crippen LogP contribution >= 0.6 is 23.2 Å². The van der Waals surface area contributed by atoms with Crippen molar-refractivity contribution >= 4 is 34.1 Å². The first kappa shape index (κ1) is 11.1. The van der Waals surface area contributed by atoms with E-state index in [1.54, 1.807) is 6.20 Å². The Kier molecular flexibility index (Phi) is 2.95. The van der Waals surface area contributed by atoms with Crippen LogP contribution in [-0.2, 0) is 6.42 Å². The Morgan fingerprint density at radius 1 is 1.44 bits per heavy atom. The number of aromatic nitrogens is 2. The third kappa shape index (κ3) is 1.71. The lowest BCUT2D eigenvalue weighted by Crippen LogP contribution is -1.92. The number of aryl methyl sites for hydroxylation is 1. The predicted octanol–water partition coefficient (Wildman–Crippen LogP) is 3.37. The lowest BCUT2D eigenvalue weighted by molar-refractivity contribution is 1.04. The lowest BCUT2D eigenvalue weighted by Gasteiger charge is -2.04. The summed E-state index contributed by atoms with van der Waals surface area (Å²) in [5.74, 6) is 0. The third-order valence-corrected chi connectivity index (χ3v) is 2.96. The quantitative estimate of drug-likeness (QED) is 0.731. The van der Waals surface area contributed by atoms with Crippen molar-refractivity contribution in [2.45, 2.75) is 13.3 Å². The van der Waals surface area contributed by atoms with Crippen LogP contribution in [0.2, 0.25) is 10.2 Å². The molecule has 5 heteroatoms. The highest BCUT2D eigenvalue weighted by atomic mass is 35.5. The summed E-state index contributed by atoms with van der Waals surface area (Å²) >= 11 is 11.9. The fourth-order valence-electron chi connectivity index (χ4n) is 1.43. The smallest absolute Gasteiger partial charge is 0.149 e. The van der Waals surface area contributed by atoms with Crippen molar-refractivity contribution in [2.75, 3.05) is 0 Å². The molecule has 16 heavy (non-hydrogen) atoms. The van der Waals surface area contributed by atoms with Gasteiger partial charge in [0.2, 0.25) is 0 Å². The summed E-state index contributed by atoms with van der Waals surface area (Å²) in [6.07, 6.45) is 2.42. The van der Waals surface area contributed by atoms with E-state index in [1.807, 2.05) is 19.1 Å². The van der Waals surface area contributed by atoms with Crippen molar-refractivity contribution in [3.05, 3.63) is 33.7 Å². The molecule has 3 nitrogen and oxygen atoms in total. The maximum absolute atomic E-state index is 8.91. The molecular formula is C11H7Cl2N3. The summed E-state index contributed by atoms with van der Waals surface area (Å²) in [6.45, 7) is 2.00. The number of fused-ring (bicyclic) bond motifs is 1. The van der Waals surface area contributed by atoms with Crippen molar-refractivity contribution in [3.63, 3.8) is 0 Å². The monoisotopic (exact) mass is 251 g/mol. The molecule has 0 radical (unpaired) electrons. The average molecular weight is 252 g/mol. The molecule has 0 spiro atoms. The molecule has 2 aromatic heterocycles. The maximum atomic E-state index is 8.91. The van der Waals surface area contributed by atoms with Gasteiger partial charge in [0.1, 0.15) is 16.8 Å². The second kappa shape index (κ2) is 4.25. The lowest BCUT2D eigenvalue weighted by atomic mass is 10.1. The summed E-state index contributed by atoms with van der Waals surface area (Å²) < 4.78 is 0. The Balaban J connectivity index is 2.85. The first-order valence-electron chi connectivity index (χ1n) is 4.71. The van der Waals surface area contributed by atoms with Gasteiger partial charge in [0, 0.05) is 11.1 Å². The van der Waals surface area contributed by atoms with Gasteiger partial charge in [-0.2, -0.15) is 5.26 Å². The molecule has 0 amide bonds. The van der Waals surface area contributed by atoms with Crippen LogP contribution in [0, 0.1) is 11.3 Å². The zero-order valence-corrected chi connectivity index (χ0v) is 9.97. The molecule has 0 N–H and O–H groups in total. The summed E-state index contributed by atoms with van der Waals surface area (Å²) in [7, 11) is 0. The molecule has 0 aliphatic rings. The van der Waals surface area contributed by atoms with Gasteiger partial charge in [0.15, 0.2) is 0 Å². The van der Waals surface area contributed by atoms with Crippen LogP contribution in [0.4, 0.5) is 0 Å². The second-order valence-electron chi connectivity index (χ2n) is 3.25. The fraction of sp³-hybridized carbons (Fsp3) is 0.182.